The number of hydrogen-bond donors (Lipinski definition) is 5. The maximum absolute atomic E-state index is 13.4. The quantitative estimate of drug-likeness (QED) is 0.197. The van der Waals surface area contributed by atoms with Gasteiger partial charge in [-0.05, 0) is 61.5 Å². The van der Waals surface area contributed by atoms with Gasteiger partial charge in [-0.3, -0.25) is 19.6 Å². The molecule has 9 heteroatoms. The number of fused-ring (bicyclic) bond motifs is 1. The number of aromatic nitrogens is 1. The largest absolute Gasteiger partial charge is 0.494 e. The van der Waals surface area contributed by atoms with E-state index in [0.717, 1.165) is 10.9 Å². The molecule has 3 amide bonds. The van der Waals surface area contributed by atoms with E-state index < -0.39 is 23.8 Å². The number of ether oxygens (including phenoxy) is 1. The topological polar surface area (TPSA) is 133 Å². The minimum absolute atomic E-state index is 0.186. The average molecular weight is 473 g/mol. The number of aromatic amines is 1. The molecule has 1 aromatic heterocycles. The van der Waals surface area contributed by atoms with Gasteiger partial charge in [-0.15, -0.1) is 0 Å². The van der Waals surface area contributed by atoms with Gasteiger partial charge in [0.2, 0.25) is 0 Å². The molecule has 0 aliphatic carbocycles. The van der Waals surface area contributed by atoms with Crippen molar-refractivity contribution in [1.82, 2.24) is 15.8 Å². The van der Waals surface area contributed by atoms with Gasteiger partial charge in [0.25, 0.3) is 17.7 Å². The van der Waals surface area contributed by atoms with Crippen LogP contribution >= 0.6 is 0 Å². The highest BCUT2D eigenvalue weighted by Crippen LogP contribution is 2.26. The van der Waals surface area contributed by atoms with E-state index in [9.17, 15) is 14.4 Å². The Morgan fingerprint density at radius 1 is 0.914 bits per heavy atom. The molecule has 0 spiro atoms. The van der Waals surface area contributed by atoms with Crippen molar-refractivity contribution in [3.05, 3.63) is 95.7 Å². The third-order valence-electron chi connectivity index (χ3n) is 5.41. The second kappa shape index (κ2) is 10.5. The van der Waals surface area contributed by atoms with E-state index in [1.54, 1.807) is 35.9 Å². The zero-order valence-electron chi connectivity index (χ0n) is 18.9. The first-order valence-corrected chi connectivity index (χ1v) is 10.9. The Bertz CT molecular complexity index is 1350. The Hall–Kier alpha value is -4.63. The highest BCUT2D eigenvalue weighted by molar-refractivity contribution is 6.04. The molecule has 0 bridgehead atoms. The minimum Gasteiger partial charge on any atom is -0.494 e. The van der Waals surface area contributed by atoms with Crippen LogP contribution < -0.4 is 20.9 Å². The van der Waals surface area contributed by atoms with Crippen molar-refractivity contribution in [1.29, 1.82) is 0 Å². The van der Waals surface area contributed by atoms with Crippen molar-refractivity contribution >= 4 is 34.3 Å². The molecule has 0 saturated carbocycles. The molecular formula is C26H24N4O5. The summed E-state index contributed by atoms with van der Waals surface area (Å²) in [6.45, 7) is 2.42. The summed E-state index contributed by atoms with van der Waals surface area (Å²) in [6, 6.07) is 19.1. The first-order chi connectivity index (χ1) is 17.0. The van der Waals surface area contributed by atoms with Crippen LogP contribution in [0.3, 0.4) is 0 Å². The molecule has 0 radical (unpaired) electrons. The van der Waals surface area contributed by atoms with Gasteiger partial charge in [0.05, 0.1) is 6.61 Å². The monoisotopic (exact) mass is 472 g/mol. The van der Waals surface area contributed by atoms with Gasteiger partial charge >= 0.3 is 0 Å². The van der Waals surface area contributed by atoms with Gasteiger partial charge in [-0.1, -0.05) is 18.2 Å². The minimum atomic E-state index is -1.01. The molecule has 0 fully saturated rings. The number of para-hydroxylation sites is 1. The van der Waals surface area contributed by atoms with Crippen LogP contribution in [-0.2, 0) is 4.79 Å². The Labute approximate surface area is 201 Å². The Kier molecular flexibility index (Phi) is 7.08. The van der Waals surface area contributed by atoms with Crippen LogP contribution in [-0.4, -0.2) is 34.5 Å². The lowest BCUT2D eigenvalue weighted by Gasteiger charge is -2.19. The van der Waals surface area contributed by atoms with E-state index in [1.807, 2.05) is 31.2 Å². The molecule has 9 nitrogen and oxygen atoms in total. The number of nitrogens with one attached hydrogen (secondary N) is 4. The van der Waals surface area contributed by atoms with Gasteiger partial charge in [-0.2, -0.15) is 0 Å². The molecule has 0 saturated heterocycles. The Morgan fingerprint density at radius 3 is 2.23 bits per heavy atom. The van der Waals surface area contributed by atoms with Crippen molar-refractivity contribution in [3.8, 4) is 5.75 Å². The average Bonchev–Trinajstić information content (AvgIpc) is 3.32. The molecule has 4 rings (SSSR count). The number of hydroxylamine groups is 1. The molecule has 178 valence electrons. The van der Waals surface area contributed by atoms with Crippen LogP contribution in [0.25, 0.3) is 10.9 Å². The van der Waals surface area contributed by atoms with Crippen molar-refractivity contribution < 1.29 is 24.3 Å². The second-order valence-electron chi connectivity index (χ2n) is 7.66. The highest BCUT2D eigenvalue weighted by atomic mass is 16.5. The van der Waals surface area contributed by atoms with E-state index in [-0.39, 0.29) is 11.1 Å². The first kappa shape index (κ1) is 23.5. The van der Waals surface area contributed by atoms with E-state index in [1.165, 1.54) is 24.3 Å². The van der Waals surface area contributed by atoms with Crippen molar-refractivity contribution in [2.24, 2.45) is 0 Å². The van der Waals surface area contributed by atoms with E-state index in [0.29, 0.717) is 23.6 Å². The van der Waals surface area contributed by atoms with Crippen LogP contribution in [0.2, 0.25) is 0 Å². The molecule has 0 unspecified atom stereocenters. The summed E-state index contributed by atoms with van der Waals surface area (Å²) in [7, 11) is 0. The van der Waals surface area contributed by atoms with Gasteiger partial charge < -0.3 is 20.4 Å². The van der Waals surface area contributed by atoms with Crippen LogP contribution in [0.1, 0.15) is 39.2 Å². The number of carbonyl (C=O) groups excluding carboxylic acids is 3. The number of amides is 3. The predicted molar refractivity (Wildman–Crippen MR) is 130 cm³/mol. The summed E-state index contributed by atoms with van der Waals surface area (Å²) < 4.78 is 5.44. The third-order valence-corrected chi connectivity index (χ3v) is 5.41. The molecule has 0 aliphatic rings. The van der Waals surface area contributed by atoms with Crippen molar-refractivity contribution in [2.75, 3.05) is 11.9 Å². The third kappa shape index (κ3) is 5.31. The molecule has 0 aliphatic heterocycles. The standard InChI is InChI=1S/C26H24N4O5/c1-2-35-19-13-11-18(12-14-19)28-26(33)23(21-15-27-22-6-4-3-5-20(21)22)29-24(31)16-7-9-17(10-8-16)25(32)30-34/h3-15,23,27,34H,2H2,1H3,(H,28,33)(H,29,31)(H,30,32)/t23-/m0/s1. The number of rotatable bonds is 8. The second-order valence-corrected chi connectivity index (χ2v) is 7.66. The summed E-state index contributed by atoms with van der Waals surface area (Å²) >= 11 is 0. The molecule has 1 atom stereocenters. The fourth-order valence-corrected chi connectivity index (χ4v) is 3.68. The number of carbonyl (C=O) groups is 3. The smallest absolute Gasteiger partial charge is 0.274 e. The lowest BCUT2D eigenvalue weighted by molar-refractivity contribution is -0.118. The van der Waals surface area contributed by atoms with Crippen molar-refractivity contribution in [3.63, 3.8) is 0 Å². The Balaban J connectivity index is 1.61. The lowest BCUT2D eigenvalue weighted by atomic mass is 10.0. The van der Waals surface area contributed by atoms with E-state index in [2.05, 4.69) is 15.6 Å². The molecule has 35 heavy (non-hydrogen) atoms. The number of benzene rings is 3. The van der Waals surface area contributed by atoms with Gasteiger partial charge in [0, 0.05) is 39.5 Å². The fraction of sp³-hybridized carbons (Fsp3) is 0.115. The summed E-state index contributed by atoms with van der Waals surface area (Å²) in [5.41, 5.74) is 3.96. The number of anilines is 1. The van der Waals surface area contributed by atoms with Gasteiger partial charge in [-0.25, -0.2) is 5.48 Å². The summed E-state index contributed by atoms with van der Waals surface area (Å²) in [5.74, 6) is -0.935. The number of hydrogen-bond acceptors (Lipinski definition) is 5. The van der Waals surface area contributed by atoms with Crippen LogP contribution in [0.5, 0.6) is 5.75 Å². The lowest BCUT2D eigenvalue weighted by Crippen LogP contribution is -2.37. The van der Waals surface area contributed by atoms with Crippen LogP contribution in [0.15, 0.2) is 79.0 Å². The maximum Gasteiger partial charge on any atom is 0.274 e. The van der Waals surface area contributed by atoms with E-state index in [4.69, 9.17) is 9.94 Å². The molecule has 1 heterocycles. The van der Waals surface area contributed by atoms with E-state index >= 15 is 0 Å². The van der Waals surface area contributed by atoms with Crippen LogP contribution in [0, 0.1) is 0 Å². The summed E-state index contributed by atoms with van der Waals surface area (Å²) in [4.78, 5) is 41.1. The normalized spacial score (nSPS) is 11.5. The summed E-state index contributed by atoms with van der Waals surface area (Å²) in [6.07, 6.45) is 1.70. The molecule has 5 N–H and O–H groups in total. The fourth-order valence-electron chi connectivity index (χ4n) is 3.68. The predicted octanol–water partition coefficient (Wildman–Crippen LogP) is 3.80. The first-order valence-electron chi connectivity index (χ1n) is 10.9. The molecular weight excluding hydrogens is 448 g/mol. The highest BCUT2D eigenvalue weighted by Gasteiger charge is 2.26. The summed E-state index contributed by atoms with van der Waals surface area (Å²) in [5, 5.41) is 15.2. The molecule has 4 aromatic rings. The molecule has 3 aromatic carbocycles. The zero-order chi connectivity index (χ0) is 24.8. The SMILES string of the molecule is CCOc1ccc(NC(=O)[C@@H](NC(=O)c2ccc(C(=O)NO)cc2)c2c[nH]c3ccccc23)cc1. The van der Waals surface area contributed by atoms with Gasteiger partial charge in [0.1, 0.15) is 11.8 Å². The number of H-pyrrole nitrogens is 1. The van der Waals surface area contributed by atoms with Gasteiger partial charge in [0.15, 0.2) is 0 Å². The zero-order valence-corrected chi connectivity index (χ0v) is 18.9. The van der Waals surface area contributed by atoms with Crippen LogP contribution in [0.4, 0.5) is 5.69 Å². The van der Waals surface area contributed by atoms with Crippen molar-refractivity contribution in [2.45, 2.75) is 13.0 Å². The maximum atomic E-state index is 13.4. The Morgan fingerprint density at radius 2 is 1.57 bits per heavy atom.